The van der Waals surface area contributed by atoms with Crippen molar-refractivity contribution in [3.05, 3.63) is 29.3 Å². The van der Waals surface area contributed by atoms with Crippen LogP contribution in [0.15, 0.2) is 23.4 Å². The van der Waals surface area contributed by atoms with Gasteiger partial charge in [-0.3, -0.25) is 0 Å². The highest BCUT2D eigenvalue weighted by molar-refractivity contribution is 7.99. The van der Waals surface area contributed by atoms with Crippen LogP contribution in [-0.4, -0.2) is 35.7 Å². The maximum absolute atomic E-state index is 8.80. The lowest BCUT2D eigenvalue weighted by atomic mass is 10.1. The third kappa shape index (κ3) is 4.94. The molecular formula is C14H23N3O2S. The lowest BCUT2D eigenvalue weighted by Crippen LogP contribution is -2.28. The highest BCUT2D eigenvalue weighted by atomic mass is 32.2. The zero-order chi connectivity index (χ0) is 15.0. The first kappa shape index (κ1) is 16.7. The van der Waals surface area contributed by atoms with Gasteiger partial charge in [0.15, 0.2) is 5.84 Å². The Balaban J connectivity index is 2.72. The van der Waals surface area contributed by atoms with Crippen LogP contribution in [0.1, 0.15) is 25.0 Å². The number of amidine groups is 1. The van der Waals surface area contributed by atoms with Crippen LogP contribution in [0.25, 0.3) is 0 Å². The fourth-order valence-electron chi connectivity index (χ4n) is 1.76. The van der Waals surface area contributed by atoms with Gasteiger partial charge in [-0.15, -0.1) is 0 Å². The quantitative estimate of drug-likeness (QED) is 0.296. The summed E-state index contributed by atoms with van der Waals surface area (Å²) < 4.78 is 5.21. The van der Waals surface area contributed by atoms with Crippen molar-refractivity contribution in [1.29, 1.82) is 0 Å². The van der Waals surface area contributed by atoms with Gasteiger partial charge in [-0.2, -0.15) is 11.8 Å². The molecule has 0 saturated carbocycles. The number of thioether (sulfide) groups is 1. The van der Waals surface area contributed by atoms with Gasteiger partial charge in [0.1, 0.15) is 5.75 Å². The average Bonchev–Trinajstić information content (AvgIpc) is 2.49. The third-order valence-electron chi connectivity index (χ3n) is 2.87. The van der Waals surface area contributed by atoms with E-state index < -0.39 is 0 Å². The number of hydrogen-bond donors (Lipinski definition) is 3. The molecule has 5 nitrogen and oxygen atoms in total. The van der Waals surface area contributed by atoms with Crippen molar-refractivity contribution in [1.82, 2.24) is 5.32 Å². The molecule has 1 aromatic carbocycles. The Morgan fingerprint density at radius 1 is 1.55 bits per heavy atom. The van der Waals surface area contributed by atoms with Crippen molar-refractivity contribution in [3.8, 4) is 5.75 Å². The van der Waals surface area contributed by atoms with Crippen molar-refractivity contribution >= 4 is 17.6 Å². The Morgan fingerprint density at radius 3 is 2.90 bits per heavy atom. The molecule has 112 valence electrons. The number of ether oxygens (including phenoxy) is 1. The van der Waals surface area contributed by atoms with E-state index in [1.54, 1.807) is 7.11 Å². The molecule has 0 amide bonds. The molecule has 0 heterocycles. The van der Waals surface area contributed by atoms with Crippen molar-refractivity contribution in [2.45, 2.75) is 26.4 Å². The summed E-state index contributed by atoms with van der Waals surface area (Å²) >= 11 is 1.91. The number of rotatable bonds is 8. The molecule has 4 N–H and O–H groups in total. The summed E-state index contributed by atoms with van der Waals surface area (Å²) in [5.74, 6) is 2.86. The molecule has 0 aliphatic heterocycles. The molecule has 1 unspecified atom stereocenters. The van der Waals surface area contributed by atoms with Gasteiger partial charge in [0.2, 0.25) is 0 Å². The minimum absolute atomic E-state index is 0.0540. The molecule has 0 spiro atoms. The summed E-state index contributed by atoms with van der Waals surface area (Å²) in [6, 6.07) is 6.12. The summed E-state index contributed by atoms with van der Waals surface area (Å²) in [6.45, 7) is 5.06. The third-order valence-corrected chi connectivity index (χ3v) is 4.02. The topological polar surface area (TPSA) is 79.9 Å². The monoisotopic (exact) mass is 297 g/mol. The van der Waals surface area contributed by atoms with Gasteiger partial charge >= 0.3 is 0 Å². The van der Waals surface area contributed by atoms with E-state index in [4.69, 9.17) is 15.7 Å². The van der Waals surface area contributed by atoms with Crippen LogP contribution in [0.5, 0.6) is 5.75 Å². The van der Waals surface area contributed by atoms with Gasteiger partial charge in [0.25, 0.3) is 0 Å². The molecule has 1 rings (SSSR count). The zero-order valence-electron chi connectivity index (χ0n) is 12.2. The molecule has 0 fully saturated rings. The Kier molecular flexibility index (Phi) is 7.25. The van der Waals surface area contributed by atoms with E-state index in [1.807, 2.05) is 30.0 Å². The van der Waals surface area contributed by atoms with Crippen LogP contribution < -0.4 is 15.8 Å². The molecular weight excluding hydrogens is 274 g/mol. The number of nitrogens with one attached hydrogen (secondary N) is 1. The number of benzene rings is 1. The lowest BCUT2D eigenvalue weighted by molar-refractivity contribution is 0.318. The van der Waals surface area contributed by atoms with Crippen molar-refractivity contribution in [2.75, 3.05) is 18.6 Å². The summed E-state index contributed by atoms with van der Waals surface area (Å²) in [6.07, 6.45) is 0. The van der Waals surface area contributed by atoms with Crippen LogP contribution in [-0.2, 0) is 6.54 Å². The summed E-state index contributed by atoms with van der Waals surface area (Å²) in [5.41, 5.74) is 7.33. The van der Waals surface area contributed by atoms with E-state index in [-0.39, 0.29) is 5.84 Å². The number of nitrogens with zero attached hydrogens (tertiary/aromatic N) is 1. The molecule has 0 aliphatic carbocycles. The Morgan fingerprint density at radius 2 is 2.30 bits per heavy atom. The highest BCUT2D eigenvalue weighted by Crippen LogP contribution is 2.19. The second-order valence-corrected chi connectivity index (χ2v) is 5.78. The van der Waals surface area contributed by atoms with Crippen molar-refractivity contribution in [3.63, 3.8) is 0 Å². The molecule has 6 heteroatoms. The lowest BCUT2D eigenvalue weighted by Gasteiger charge is -2.14. The van der Waals surface area contributed by atoms with Crippen LogP contribution >= 0.6 is 11.8 Å². The summed E-state index contributed by atoms with van der Waals surface area (Å²) in [7, 11) is 1.56. The predicted molar refractivity (Wildman–Crippen MR) is 84.8 cm³/mol. The first-order chi connectivity index (χ1) is 9.62. The zero-order valence-corrected chi connectivity index (χ0v) is 13.0. The normalized spacial score (nSPS) is 13.2. The fraction of sp³-hybridized carbons (Fsp3) is 0.500. The van der Waals surface area contributed by atoms with Gasteiger partial charge in [0, 0.05) is 18.3 Å². The van der Waals surface area contributed by atoms with E-state index in [0.717, 1.165) is 23.6 Å². The Bertz CT molecular complexity index is 452. The highest BCUT2D eigenvalue weighted by Gasteiger charge is 2.09. The summed E-state index contributed by atoms with van der Waals surface area (Å²) in [5, 5.41) is 15.3. The van der Waals surface area contributed by atoms with Crippen molar-refractivity contribution < 1.29 is 9.94 Å². The first-order valence-electron chi connectivity index (χ1n) is 6.58. The second kappa shape index (κ2) is 8.71. The van der Waals surface area contributed by atoms with E-state index in [2.05, 4.69) is 24.3 Å². The molecule has 0 saturated heterocycles. The van der Waals surface area contributed by atoms with E-state index in [1.165, 1.54) is 0 Å². The maximum atomic E-state index is 8.80. The molecule has 20 heavy (non-hydrogen) atoms. The number of oxime groups is 1. The van der Waals surface area contributed by atoms with Crippen LogP contribution in [0.4, 0.5) is 0 Å². The minimum atomic E-state index is 0.0540. The molecule has 0 aliphatic rings. The fourth-order valence-corrected chi connectivity index (χ4v) is 2.47. The number of methoxy groups -OCH3 is 1. The largest absolute Gasteiger partial charge is 0.496 e. The maximum Gasteiger partial charge on any atom is 0.173 e. The van der Waals surface area contributed by atoms with Gasteiger partial charge in [0.05, 0.1) is 12.7 Å². The Hall–Kier alpha value is -1.40. The van der Waals surface area contributed by atoms with E-state index in [0.29, 0.717) is 17.4 Å². The van der Waals surface area contributed by atoms with Gasteiger partial charge in [-0.05, 0) is 30.4 Å². The Labute approximate surface area is 124 Å². The van der Waals surface area contributed by atoms with Gasteiger partial charge in [-0.1, -0.05) is 18.1 Å². The van der Waals surface area contributed by atoms with Crippen molar-refractivity contribution in [2.24, 2.45) is 10.9 Å². The van der Waals surface area contributed by atoms with E-state index in [9.17, 15) is 0 Å². The molecule has 0 radical (unpaired) electrons. The SMILES string of the molecule is CCSCC(C)NCc1ccc(OC)c(/C(N)=N/O)c1. The molecule has 1 aromatic rings. The smallest absolute Gasteiger partial charge is 0.173 e. The summed E-state index contributed by atoms with van der Waals surface area (Å²) in [4.78, 5) is 0. The van der Waals surface area contributed by atoms with Crippen LogP contribution in [0.3, 0.4) is 0 Å². The second-order valence-electron chi connectivity index (χ2n) is 4.46. The van der Waals surface area contributed by atoms with Gasteiger partial charge in [-0.25, -0.2) is 0 Å². The van der Waals surface area contributed by atoms with Crippen LogP contribution in [0, 0.1) is 0 Å². The van der Waals surface area contributed by atoms with Crippen LogP contribution in [0.2, 0.25) is 0 Å². The number of hydrogen-bond acceptors (Lipinski definition) is 5. The van der Waals surface area contributed by atoms with E-state index >= 15 is 0 Å². The predicted octanol–water partition coefficient (Wildman–Crippen LogP) is 2.02. The molecule has 0 bridgehead atoms. The standard InChI is InChI=1S/C14H23N3O2S/c1-4-20-9-10(2)16-8-11-5-6-13(19-3)12(7-11)14(15)17-18/h5-7,10,16,18H,4,8-9H2,1-3H3,(H2,15,17). The first-order valence-corrected chi connectivity index (χ1v) is 7.73. The molecule has 1 atom stereocenters. The number of nitrogens with two attached hydrogens (primary N) is 1. The van der Waals surface area contributed by atoms with Gasteiger partial charge < -0.3 is 21.0 Å². The minimum Gasteiger partial charge on any atom is -0.496 e. The average molecular weight is 297 g/mol. The molecule has 0 aromatic heterocycles.